The summed E-state index contributed by atoms with van der Waals surface area (Å²) in [4.78, 5) is 16.1. The molecule has 0 unspecified atom stereocenters. The average Bonchev–Trinajstić information content (AvgIpc) is 2.63. The smallest absolute Gasteiger partial charge is 0.155 e. The summed E-state index contributed by atoms with van der Waals surface area (Å²) in [7, 11) is -3.28. The molecule has 0 radical (unpaired) electrons. The van der Waals surface area contributed by atoms with Crippen molar-refractivity contribution in [1.82, 2.24) is 9.55 Å². The van der Waals surface area contributed by atoms with Crippen LogP contribution in [-0.4, -0.2) is 35.8 Å². The first kappa shape index (κ1) is 13.7. The molecule has 0 fully saturated rings. The Bertz CT molecular complexity index is 717. The highest BCUT2D eigenvalue weighted by Gasteiger charge is 2.16. The average molecular weight is 280 g/mol. The van der Waals surface area contributed by atoms with Crippen molar-refractivity contribution in [2.24, 2.45) is 0 Å². The van der Waals surface area contributed by atoms with Crippen molar-refractivity contribution >= 4 is 26.7 Å². The Hall–Kier alpha value is -1.69. The number of aryl methyl sites for hydroxylation is 1. The van der Waals surface area contributed by atoms with E-state index >= 15 is 0 Å². The van der Waals surface area contributed by atoms with Gasteiger partial charge in [0.2, 0.25) is 0 Å². The largest absolute Gasteiger partial charge is 0.328 e. The molecule has 1 aromatic carbocycles. The van der Waals surface area contributed by atoms with Crippen LogP contribution in [0.2, 0.25) is 0 Å². The third-order valence-corrected chi connectivity index (χ3v) is 3.67. The van der Waals surface area contributed by atoms with Crippen LogP contribution >= 0.6 is 0 Å². The van der Waals surface area contributed by atoms with E-state index in [2.05, 4.69) is 4.98 Å². The van der Waals surface area contributed by atoms with Gasteiger partial charge in [-0.2, -0.15) is 0 Å². The molecule has 2 rings (SSSR count). The fraction of sp³-hybridized carbons (Fsp3) is 0.385. The molecule has 1 heterocycles. The van der Waals surface area contributed by atoms with Crippen molar-refractivity contribution in [3.8, 4) is 0 Å². The monoisotopic (exact) mass is 280 g/mol. The summed E-state index contributed by atoms with van der Waals surface area (Å²) in [5, 5.41) is 0. The first-order valence-corrected chi connectivity index (χ1v) is 8.10. The van der Waals surface area contributed by atoms with Gasteiger partial charge in [-0.05, 0) is 19.1 Å². The van der Waals surface area contributed by atoms with Crippen LogP contribution in [0.15, 0.2) is 24.3 Å². The van der Waals surface area contributed by atoms with E-state index in [-0.39, 0.29) is 12.2 Å². The summed E-state index contributed by atoms with van der Waals surface area (Å²) in [5.41, 5.74) is 1.79. The highest BCUT2D eigenvalue weighted by molar-refractivity contribution is 7.91. The molecule has 0 aliphatic carbocycles. The van der Waals surface area contributed by atoms with E-state index in [0.29, 0.717) is 12.4 Å². The predicted molar refractivity (Wildman–Crippen MR) is 73.8 cm³/mol. The highest BCUT2D eigenvalue weighted by Crippen LogP contribution is 2.16. The molecule has 102 valence electrons. The standard InChI is InChI=1S/C13H16N2O3S/c1-3-15-12-7-5-4-6-11(12)14-13(15)8-10(16)9-19(2,17)18/h4-7H,3,8-9H2,1-2H3. The van der Waals surface area contributed by atoms with E-state index in [9.17, 15) is 13.2 Å². The van der Waals surface area contributed by atoms with Crippen LogP contribution in [0.1, 0.15) is 12.7 Å². The normalized spacial score (nSPS) is 11.9. The van der Waals surface area contributed by atoms with Crippen molar-refractivity contribution in [1.29, 1.82) is 0 Å². The number of rotatable bonds is 5. The van der Waals surface area contributed by atoms with Gasteiger partial charge in [-0.3, -0.25) is 4.79 Å². The summed E-state index contributed by atoms with van der Waals surface area (Å²) in [5.74, 6) is -0.134. The quantitative estimate of drug-likeness (QED) is 0.825. The van der Waals surface area contributed by atoms with Crippen molar-refractivity contribution in [3.63, 3.8) is 0 Å². The fourth-order valence-corrected chi connectivity index (χ4v) is 2.82. The predicted octanol–water partition coefficient (Wildman–Crippen LogP) is 1.21. The maximum Gasteiger partial charge on any atom is 0.155 e. The van der Waals surface area contributed by atoms with Crippen molar-refractivity contribution in [3.05, 3.63) is 30.1 Å². The maximum atomic E-state index is 11.7. The molecule has 0 spiro atoms. The van der Waals surface area contributed by atoms with Gasteiger partial charge in [0.1, 0.15) is 11.6 Å². The molecule has 6 heteroatoms. The lowest BCUT2D eigenvalue weighted by molar-refractivity contribution is -0.116. The van der Waals surface area contributed by atoms with Gasteiger partial charge in [0.05, 0.1) is 17.5 Å². The van der Waals surface area contributed by atoms with Crippen LogP contribution in [0.4, 0.5) is 0 Å². The fourth-order valence-electron chi connectivity index (χ4n) is 2.13. The zero-order valence-corrected chi connectivity index (χ0v) is 11.8. The Labute approximate surface area is 112 Å². The molecule has 1 aromatic heterocycles. The van der Waals surface area contributed by atoms with Gasteiger partial charge in [0.25, 0.3) is 0 Å². The van der Waals surface area contributed by atoms with Gasteiger partial charge in [-0.25, -0.2) is 13.4 Å². The Balaban J connectivity index is 2.32. The number of hydrogen-bond acceptors (Lipinski definition) is 4. The minimum atomic E-state index is -3.28. The van der Waals surface area contributed by atoms with Gasteiger partial charge in [-0.15, -0.1) is 0 Å². The third kappa shape index (κ3) is 3.20. The van der Waals surface area contributed by atoms with E-state index in [0.717, 1.165) is 17.3 Å². The number of imidazole rings is 1. The third-order valence-electron chi connectivity index (χ3n) is 2.83. The van der Waals surface area contributed by atoms with Crippen LogP contribution < -0.4 is 0 Å². The Morgan fingerprint density at radius 1 is 1.32 bits per heavy atom. The SMILES string of the molecule is CCn1c(CC(=O)CS(C)(=O)=O)nc2ccccc21. The number of ketones is 1. The number of aromatic nitrogens is 2. The zero-order valence-electron chi connectivity index (χ0n) is 11.0. The summed E-state index contributed by atoms with van der Waals surface area (Å²) >= 11 is 0. The van der Waals surface area contributed by atoms with E-state index in [1.54, 1.807) is 0 Å². The molecule has 19 heavy (non-hydrogen) atoms. The van der Waals surface area contributed by atoms with E-state index in [1.165, 1.54) is 0 Å². The number of fused-ring (bicyclic) bond motifs is 1. The second-order valence-electron chi connectivity index (χ2n) is 4.55. The second kappa shape index (κ2) is 5.13. The lowest BCUT2D eigenvalue weighted by atomic mass is 10.3. The second-order valence-corrected chi connectivity index (χ2v) is 6.69. The minimum absolute atomic E-state index is 0.0512. The number of carbonyl (C=O) groups is 1. The number of sulfone groups is 1. The number of carbonyl (C=O) groups excluding carboxylic acids is 1. The van der Waals surface area contributed by atoms with Crippen molar-refractivity contribution in [2.75, 3.05) is 12.0 Å². The topological polar surface area (TPSA) is 69.0 Å². The lowest BCUT2D eigenvalue weighted by Gasteiger charge is -2.05. The molecule has 0 atom stereocenters. The van der Waals surface area contributed by atoms with Crippen LogP contribution in [0, 0.1) is 0 Å². The number of para-hydroxylation sites is 2. The van der Waals surface area contributed by atoms with E-state index in [4.69, 9.17) is 0 Å². The van der Waals surface area contributed by atoms with Crippen LogP contribution in [-0.2, 0) is 27.6 Å². The first-order chi connectivity index (χ1) is 8.90. The van der Waals surface area contributed by atoms with Crippen molar-refractivity contribution in [2.45, 2.75) is 19.9 Å². The molecule has 0 amide bonds. The first-order valence-electron chi connectivity index (χ1n) is 6.04. The molecule has 0 saturated heterocycles. The number of benzene rings is 1. The van der Waals surface area contributed by atoms with Gasteiger partial charge in [-0.1, -0.05) is 12.1 Å². The Morgan fingerprint density at radius 2 is 2.00 bits per heavy atom. The molecule has 0 bridgehead atoms. The zero-order chi connectivity index (χ0) is 14.0. The minimum Gasteiger partial charge on any atom is -0.328 e. The van der Waals surface area contributed by atoms with Gasteiger partial charge in [0.15, 0.2) is 15.6 Å². The van der Waals surface area contributed by atoms with Gasteiger partial charge in [0, 0.05) is 12.8 Å². The number of Topliss-reactive ketones (excluding diaryl/α,β-unsaturated/α-hetero) is 1. The Kier molecular flexibility index (Phi) is 3.71. The number of nitrogens with zero attached hydrogens (tertiary/aromatic N) is 2. The number of hydrogen-bond donors (Lipinski definition) is 0. The van der Waals surface area contributed by atoms with Gasteiger partial charge < -0.3 is 4.57 Å². The molecule has 0 aliphatic heterocycles. The summed E-state index contributed by atoms with van der Waals surface area (Å²) in [6.07, 6.45) is 1.11. The van der Waals surface area contributed by atoms with Crippen LogP contribution in [0.5, 0.6) is 0 Å². The van der Waals surface area contributed by atoms with Crippen LogP contribution in [0.25, 0.3) is 11.0 Å². The van der Waals surface area contributed by atoms with E-state index in [1.807, 2.05) is 35.8 Å². The lowest BCUT2D eigenvalue weighted by Crippen LogP contribution is -2.18. The Morgan fingerprint density at radius 3 is 2.63 bits per heavy atom. The maximum absolute atomic E-state index is 11.7. The molecule has 5 nitrogen and oxygen atoms in total. The molecule has 0 N–H and O–H groups in total. The molecule has 0 saturated carbocycles. The van der Waals surface area contributed by atoms with E-state index < -0.39 is 15.6 Å². The summed E-state index contributed by atoms with van der Waals surface area (Å²) in [6, 6.07) is 7.62. The molecule has 2 aromatic rings. The molecule has 0 aliphatic rings. The van der Waals surface area contributed by atoms with Gasteiger partial charge >= 0.3 is 0 Å². The highest BCUT2D eigenvalue weighted by atomic mass is 32.2. The molecular weight excluding hydrogens is 264 g/mol. The molecular formula is C13H16N2O3S. The summed E-state index contributed by atoms with van der Waals surface area (Å²) < 4.78 is 24.2. The van der Waals surface area contributed by atoms with Crippen LogP contribution in [0.3, 0.4) is 0 Å². The summed E-state index contributed by atoms with van der Waals surface area (Å²) in [6.45, 7) is 2.67. The van der Waals surface area contributed by atoms with Crippen molar-refractivity contribution < 1.29 is 13.2 Å².